The predicted octanol–water partition coefficient (Wildman–Crippen LogP) is 5.87. The minimum absolute atomic E-state index is 0.197. The van der Waals surface area contributed by atoms with Gasteiger partial charge in [0.15, 0.2) is 11.5 Å². The van der Waals surface area contributed by atoms with E-state index >= 15 is 0 Å². The number of hydrogen-bond acceptors (Lipinski definition) is 4. The van der Waals surface area contributed by atoms with E-state index in [4.69, 9.17) is 37.7 Å². The highest BCUT2D eigenvalue weighted by molar-refractivity contribution is 6.42. The molecule has 5 nitrogen and oxygen atoms in total. The molecule has 0 saturated carbocycles. The number of fused-ring (bicyclic) bond motifs is 2. The second-order valence-electron chi connectivity index (χ2n) is 7.07. The van der Waals surface area contributed by atoms with Gasteiger partial charge in [0.25, 0.3) is 5.91 Å². The van der Waals surface area contributed by atoms with Gasteiger partial charge >= 0.3 is 0 Å². The van der Waals surface area contributed by atoms with Crippen molar-refractivity contribution in [2.75, 3.05) is 6.79 Å². The number of nitrogens with one attached hydrogen (secondary N) is 1. The minimum Gasteiger partial charge on any atom is -0.454 e. The number of nitrogens with zero attached hydrogens (tertiary/aromatic N) is 1. The number of halogens is 2. The van der Waals surface area contributed by atoms with Crippen LogP contribution in [0.3, 0.4) is 0 Å². The zero-order valence-corrected chi connectivity index (χ0v) is 17.7. The Kier molecular flexibility index (Phi) is 5.14. The number of para-hydroxylation sites is 1. The summed E-state index contributed by atoms with van der Waals surface area (Å²) < 4.78 is 10.7. The molecular weight excluding hydrogens is 435 g/mol. The van der Waals surface area contributed by atoms with E-state index in [2.05, 4.69) is 5.32 Å². The van der Waals surface area contributed by atoms with Crippen LogP contribution in [0.2, 0.25) is 10.0 Å². The van der Waals surface area contributed by atoms with Crippen molar-refractivity contribution in [1.82, 2.24) is 10.3 Å². The summed E-state index contributed by atoms with van der Waals surface area (Å²) in [6.45, 7) is 0.569. The molecule has 0 saturated heterocycles. The van der Waals surface area contributed by atoms with Gasteiger partial charge < -0.3 is 14.8 Å². The predicted molar refractivity (Wildman–Crippen MR) is 121 cm³/mol. The highest BCUT2D eigenvalue weighted by Gasteiger charge is 2.16. The first kappa shape index (κ1) is 19.7. The Bertz CT molecular complexity index is 1320. The molecule has 4 aromatic rings. The third-order valence-electron chi connectivity index (χ3n) is 5.07. The molecule has 0 fully saturated rings. The summed E-state index contributed by atoms with van der Waals surface area (Å²) in [6, 6.07) is 20.2. The number of pyridine rings is 1. The summed E-state index contributed by atoms with van der Waals surface area (Å²) in [5, 5.41) is 4.66. The van der Waals surface area contributed by atoms with Crippen molar-refractivity contribution in [2.24, 2.45) is 0 Å². The Morgan fingerprint density at radius 3 is 2.65 bits per heavy atom. The van der Waals surface area contributed by atoms with Crippen LogP contribution in [-0.4, -0.2) is 17.7 Å². The topological polar surface area (TPSA) is 60.5 Å². The number of ether oxygens (including phenoxy) is 2. The van der Waals surface area contributed by atoms with Crippen LogP contribution in [0, 0.1) is 0 Å². The number of rotatable bonds is 4. The van der Waals surface area contributed by atoms with Crippen molar-refractivity contribution in [1.29, 1.82) is 0 Å². The van der Waals surface area contributed by atoms with Crippen LogP contribution in [0.4, 0.5) is 0 Å². The van der Waals surface area contributed by atoms with Gasteiger partial charge in [-0.2, -0.15) is 0 Å². The lowest BCUT2D eigenvalue weighted by atomic mass is 10.0. The van der Waals surface area contributed by atoms with Gasteiger partial charge in [-0.3, -0.25) is 4.79 Å². The molecule has 1 aliphatic rings. The molecule has 5 rings (SSSR count). The molecule has 1 aliphatic heterocycles. The molecule has 1 aromatic heterocycles. The van der Waals surface area contributed by atoms with E-state index in [0.717, 1.165) is 22.0 Å². The lowest BCUT2D eigenvalue weighted by Gasteiger charge is -2.11. The average molecular weight is 451 g/mol. The van der Waals surface area contributed by atoms with Gasteiger partial charge in [0.05, 0.1) is 26.8 Å². The number of hydrogen-bond donors (Lipinski definition) is 1. The van der Waals surface area contributed by atoms with Crippen LogP contribution in [0.15, 0.2) is 66.7 Å². The van der Waals surface area contributed by atoms with E-state index < -0.39 is 0 Å². The lowest BCUT2D eigenvalue weighted by molar-refractivity contribution is 0.0952. The van der Waals surface area contributed by atoms with Gasteiger partial charge in [0, 0.05) is 17.5 Å². The van der Waals surface area contributed by atoms with Crippen LogP contribution in [-0.2, 0) is 6.54 Å². The van der Waals surface area contributed by atoms with Crippen molar-refractivity contribution < 1.29 is 14.3 Å². The molecular formula is C24H16Cl2N2O3. The van der Waals surface area contributed by atoms with Crippen molar-refractivity contribution in [3.05, 3.63) is 87.9 Å². The Morgan fingerprint density at radius 2 is 1.77 bits per heavy atom. The second kappa shape index (κ2) is 8.10. The first-order chi connectivity index (χ1) is 15.1. The quantitative estimate of drug-likeness (QED) is 0.422. The van der Waals surface area contributed by atoms with Gasteiger partial charge in [0.1, 0.15) is 0 Å². The van der Waals surface area contributed by atoms with E-state index in [-0.39, 0.29) is 12.7 Å². The molecule has 0 spiro atoms. The van der Waals surface area contributed by atoms with Crippen LogP contribution in [0.25, 0.3) is 22.2 Å². The van der Waals surface area contributed by atoms with E-state index in [1.165, 1.54) is 0 Å². The van der Waals surface area contributed by atoms with Crippen molar-refractivity contribution >= 4 is 40.0 Å². The van der Waals surface area contributed by atoms with Gasteiger partial charge in [-0.15, -0.1) is 0 Å². The first-order valence-electron chi connectivity index (χ1n) is 9.60. The zero-order valence-electron chi connectivity index (χ0n) is 16.2. The van der Waals surface area contributed by atoms with Gasteiger partial charge in [0.2, 0.25) is 6.79 Å². The number of benzene rings is 3. The van der Waals surface area contributed by atoms with E-state index in [0.29, 0.717) is 39.3 Å². The number of amides is 1. The molecule has 0 radical (unpaired) electrons. The maximum atomic E-state index is 13.1. The largest absolute Gasteiger partial charge is 0.454 e. The van der Waals surface area contributed by atoms with E-state index in [1.54, 1.807) is 18.2 Å². The molecule has 31 heavy (non-hydrogen) atoms. The summed E-state index contributed by atoms with van der Waals surface area (Å²) in [5.74, 6) is 1.20. The Hall–Kier alpha value is -3.28. The molecule has 0 bridgehead atoms. The van der Waals surface area contributed by atoms with Crippen molar-refractivity contribution in [3.8, 4) is 22.8 Å². The number of carbonyl (C=O) groups excluding carboxylic acids is 1. The van der Waals surface area contributed by atoms with E-state index in [9.17, 15) is 4.79 Å². The average Bonchev–Trinajstić information content (AvgIpc) is 3.26. The molecule has 154 valence electrons. The second-order valence-corrected chi connectivity index (χ2v) is 7.89. The smallest absolute Gasteiger partial charge is 0.252 e. The maximum absolute atomic E-state index is 13.1. The van der Waals surface area contributed by atoms with Crippen LogP contribution in [0.1, 0.15) is 15.9 Å². The molecule has 1 amide bonds. The molecule has 0 unspecified atom stereocenters. The normalized spacial score (nSPS) is 12.2. The molecule has 0 aliphatic carbocycles. The van der Waals surface area contributed by atoms with E-state index in [1.807, 2.05) is 48.5 Å². The minimum atomic E-state index is -0.197. The Morgan fingerprint density at radius 1 is 0.935 bits per heavy atom. The third-order valence-corrected chi connectivity index (χ3v) is 5.81. The molecule has 2 heterocycles. The lowest BCUT2D eigenvalue weighted by Crippen LogP contribution is -2.23. The Labute approximate surface area is 188 Å². The van der Waals surface area contributed by atoms with Crippen molar-refractivity contribution in [2.45, 2.75) is 6.54 Å². The van der Waals surface area contributed by atoms with Crippen LogP contribution < -0.4 is 14.8 Å². The van der Waals surface area contributed by atoms with Gasteiger partial charge in [-0.05, 0) is 42.0 Å². The number of aromatic nitrogens is 1. The highest BCUT2D eigenvalue weighted by Crippen LogP contribution is 2.33. The summed E-state index contributed by atoms with van der Waals surface area (Å²) >= 11 is 12.2. The molecule has 7 heteroatoms. The monoisotopic (exact) mass is 450 g/mol. The first-order valence-corrected chi connectivity index (χ1v) is 10.4. The Balaban J connectivity index is 1.47. The third kappa shape index (κ3) is 3.90. The zero-order chi connectivity index (χ0) is 21.4. The summed E-state index contributed by atoms with van der Waals surface area (Å²) in [5.41, 5.74) is 3.60. The standard InChI is InChI=1S/C24H16Cl2N2O3/c25-18-7-6-15(10-19(18)26)21-11-17(16-3-1-2-4-20(16)28-21)24(29)27-12-14-5-8-22-23(9-14)31-13-30-22/h1-11H,12-13H2,(H,27,29). The summed E-state index contributed by atoms with van der Waals surface area (Å²) in [6.07, 6.45) is 0. The summed E-state index contributed by atoms with van der Waals surface area (Å²) in [7, 11) is 0. The van der Waals surface area contributed by atoms with Crippen LogP contribution in [0.5, 0.6) is 11.5 Å². The summed E-state index contributed by atoms with van der Waals surface area (Å²) in [4.78, 5) is 17.8. The molecule has 3 aromatic carbocycles. The van der Waals surface area contributed by atoms with Crippen molar-refractivity contribution in [3.63, 3.8) is 0 Å². The fourth-order valence-electron chi connectivity index (χ4n) is 3.50. The molecule has 0 atom stereocenters. The SMILES string of the molecule is O=C(NCc1ccc2c(c1)OCO2)c1cc(-c2ccc(Cl)c(Cl)c2)nc2ccccc12. The van der Waals surface area contributed by atoms with Crippen LogP contribution >= 0.6 is 23.2 Å². The number of carbonyl (C=O) groups is 1. The van der Waals surface area contributed by atoms with Gasteiger partial charge in [-0.1, -0.05) is 53.5 Å². The van der Waals surface area contributed by atoms with Gasteiger partial charge in [-0.25, -0.2) is 4.98 Å². The fraction of sp³-hybridized carbons (Fsp3) is 0.0833. The molecule has 1 N–H and O–H groups in total. The fourth-order valence-corrected chi connectivity index (χ4v) is 3.79. The maximum Gasteiger partial charge on any atom is 0.252 e. The highest BCUT2D eigenvalue weighted by atomic mass is 35.5.